The van der Waals surface area contributed by atoms with E-state index in [0.717, 1.165) is 16.8 Å². The van der Waals surface area contributed by atoms with Crippen LogP contribution in [0.2, 0.25) is 0 Å². The highest BCUT2D eigenvalue weighted by atomic mass is 14.6. The number of hydrogen-bond donors (Lipinski definition) is 0. The smallest absolute Gasteiger partial charge is 0.0385 e. The molecule has 0 saturated carbocycles. The van der Waals surface area contributed by atoms with Crippen LogP contribution < -0.4 is 0 Å². The third-order valence-electron chi connectivity index (χ3n) is 5.70. The zero-order valence-electron chi connectivity index (χ0n) is 17.3. The van der Waals surface area contributed by atoms with Crippen molar-refractivity contribution in [2.75, 3.05) is 0 Å². The third-order valence-corrected chi connectivity index (χ3v) is 5.70. The molecule has 140 valence electrons. The third kappa shape index (κ3) is 3.02. The first-order chi connectivity index (χ1) is 13.9. The second kappa shape index (κ2) is 6.33. The fourth-order valence-electron chi connectivity index (χ4n) is 4.12. The quantitative estimate of drug-likeness (QED) is 0.211. The molecular formula is C28H23N. The fraction of sp³-hybridized carbons (Fsp3) is 0.179. The lowest BCUT2D eigenvalue weighted by Crippen LogP contribution is -2.10. The zero-order valence-corrected chi connectivity index (χ0v) is 17.3. The van der Waals surface area contributed by atoms with Crippen LogP contribution in [0.25, 0.3) is 32.3 Å². The van der Waals surface area contributed by atoms with Crippen LogP contribution in [0.5, 0.6) is 0 Å². The van der Waals surface area contributed by atoms with Gasteiger partial charge in [0.15, 0.2) is 0 Å². The lowest BCUT2D eigenvalue weighted by molar-refractivity contribution is 0.591. The summed E-state index contributed by atoms with van der Waals surface area (Å²) in [7, 11) is 0. The van der Waals surface area contributed by atoms with Gasteiger partial charge < -0.3 is 0 Å². The molecule has 0 unspecified atom stereocenters. The van der Waals surface area contributed by atoms with Gasteiger partial charge in [0, 0.05) is 23.0 Å². The molecule has 0 spiro atoms. The average Bonchev–Trinajstić information content (AvgIpc) is 2.70. The normalized spacial score (nSPS) is 11.9. The number of benzene rings is 4. The van der Waals surface area contributed by atoms with E-state index in [-0.39, 0.29) is 5.41 Å². The van der Waals surface area contributed by atoms with Gasteiger partial charge in [-0.05, 0) is 68.4 Å². The molecule has 0 fully saturated rings. The molecule has 1 aromatic heterocycles. The summed E-state index contributed by atoms with van der Waals surface area (Å²) < 4.78 is 0. The summed E-state index contributed by atoms with van der Waals surface area (Å²) in [6.07, 6.45) is 1.82. The van der Waals surface area contributed by atoms with Gasteiger partial charge in [0.1, 0.15) is 0 Å². The van der Waals surface area contributed by atoms with Crippen LogP contribution in [0, 0.1) is 18.8 Å². The Hall–Kier alpha value is -3.37. The van der Waals surface area contributed by atoms with Crippen LogP contribution >= 0.6 is 0 Å². The van der Waals surface area contributed by atoms with E-state index >= 15 is 0 Å². The van der Waals surface area contributed by atoms with E-state index in [4.69, 9.17) is 0 Å². The Labute approximate surface area is 171 Å². The molecule has 5 rings (SSSR count). The number of aryl methyl sites for hydroxylation is 1. The highest BCUT2D eigenvalue weighted by molar-refractivity contribution is 6.24. The van der Waals surface area contributed by atoms with Crippen molar-refractivity contribution in [3.63, 3.8) is 0 Å². The van der Waals surface area contributed by atoms with E-state index in [1.807, 2.05) is 25.3 Å². The summed E-state index contributed by atoms with van der Waals surface area (Å²) in [5, 5.41) is 7.77. The minimum atomic E-state index is 0.129. The molecule has 29 heavy (non-hydrogen) atoms. The van der Waals surface area contributed by atoms with E-state index in [9.17, 15) is 0 Å². The zero-order chi connectivity index (χ0) is 20.2. The van der Waals surface area contributed by atoms with Crippen LogP contribution in [0.1, 0.15) is 43.2 Å². The van der Waals surface area contributed by atoms with Gasteiger partial charge in [-0.1, -0.05) is 75.1 Å². The van der Waals surface area contributed by atoms with Crippen LogP contribution in [0.4, 0.5) is 0 Å². The van der Waals surface area contributed by atoms with E-state index in [2.05, 4.69) is 86.1 Å². The molecule has 0 saturated heterocycles. The molecule has 1 heterocycles. The lowest BCUT2D eigenvalue weighted by Gasteiger charge is -2.21. The summed E-state index contributed by atoms with van der Waals surface area (Å²) in [4.78, 5) is 4.26. The molecule has 0 N–H and O–H groups in total. The molecule has 0 aliphatic heterocycles. The van der Waals surface area contributed by atoms with Crippen molar-refractivity contribution < 1.29 is 0 Å². The monoisotopic (exact) mass is 373 g/mol. The van der Waals surface area contributed by atoms with E-state index in [1.165, 1.54) is 37.9 Å². The number of aromatic nitrogens is 1. The van der Waals surface area contributed by atoms with Gasteiger partial charge in [-0.15, -0.1) is 0 Å². The van der Waals surface area contributed by atoms with Gasteiger partial charge >= 0.3 is 0 Å². The second-order valence-electron chi connectivity index (χ2n) is 8.87. The maximum Gasteiger partial charge on any atom is 0.0385 e. The summed E-state index contributed by atoms with van der Waals surface area (Å²) in [5.41, 5.74) is 4.56. The van der Waals surface area contributed by atoms with Crippen LogP contribution in [-0.4, -0.2) is 4.98 Å². The fourth-order valence-corrected chi connectivity index (χ4v) is 4.12. The summed E-state index contributed by atoms with van der Waals surface area (Å²) in [5.74, 6) is 6.72. The first-order valence-corrected chi connectivity index (χ1v) is 10.1. The van der Waals surface area contributed by atoms with Crippen molar-refractivity contribution >= 4 is 32.3 Å². The Morgan fingerprint density at radius 2 is 1.41 bits per heavy atom. The molecule has 0 aliphatic carbocycles. The van der Waals surface area contributed by atoms with E-state index in [1.54, 1.807) is 0 Å². The van der Waals surface area contributed by atoms with Gasteiger partial charge in [0.05, 0.1) is 0 Å². The molecular weight excluding hydrogens is 350 g/mol. The van der Waals surface area contributed by atoms with Crippen LogP contribution in [-0.2, 0) is 5.41 Å². The maximum atomic E-state index is 4.26. The molecule has 0 bridgehead atoms. The predicted molar refractivity (Wildman–Crippen MR) is 124 cm³/mol. The van der Waals surface area contributed by atoms with Crippen molar-refractivity contribution in [1.29, 1.82) is 0 Å². The van der Waals surface area contributed by atoms with Gasteiger partial charge in [-0.25, -0.2) is 0 Å². The Morgan fingerprint density at radius 1 is 0.724 bits per heavy atom. The Balaban J connectivity index is 1.77. The number of hydrogen-bond acceptors (Lipinski definition) is 1. The van der Waals surface area contributed by atoms with Gasteiger partial charge in [-0.2, -0.15) is 0 Å². The SMILES string of the molecule is Cc1cc(C#Cc2ccc3ccc4cc(C(C)(C)C)cc5ccc2c3c45)ccn1. The molecule has 0 amide bonds. The Bertz CT molecular complexity index is 1420. The van der Waals surface area contributed by atoms with Crippen molar-refractivity contribution in [1.82, 2.24) is 4.98 Å². The molecule has 0 radical (unpaired) electrons. The summed E-state index contributed by atoms with van der Waals surface area (Å²) >= 11 is 0. The van der Waals surface area contributed by atoms with Crippen LogP contribution in [0.15, 0.2) is 66.9 Å². The van der Waals surface area contributed by atoms with Crippen molar-refractivity contribution in [3.05, 3.63) is 89.2 Å². The van der Waals surface area contributed by atoms with Crippen molar-refractivity contribution in [3.8, 4) is 11.8 Å². The maximum absolute atomic E-state index is 4.26. The topological polar surface area (TPSA) is 12.9 Å². The molecule has 0 atom stereocenters. The lowest BCUT2D eigenvalue weighted by atomic mass is 9.83. The first-order valence-electron chi connectivity index (χ1n) is 10.1. The Kier molecular flexibility index (Phi) is 3.86. The second-order valence-corrected chi connectivity index (χ2v) is 8.87. The molecule has 5 aromatic rings. The predicted octanol–water partition coefficient (Wildman–Crippen LogP) is 6.98. The molecule has 4 aromatic carbocycles. The van der Waals surface area contributed by atoms with E-state index in [0.29, 0.717) is 0 Å². The number of rotatable bonds is 0. The number of nitrogens with zero attached hydrogens (tertiary/aromatic N) is 1. The van der Waals surface area contributed by atoms with Gasteiger partial charge in [0.2, 0.25) is 0 Å². The first kappa shape index (κ1) is 17.7. The highest BCUT2D eigenvalue weighted by Gasteiger charge is 2.17. The van der Waals surface area contributed by atoms with Gasteiger partial charge in [-0.3, -0.25) is 4.98 Å². The van der Waals surface area contributed by atoms with Crippen molar-refractivity contribution in [2.24, 2.45) is 0 Å². The Morgan fingerprint density at radius 3 is 2.14 bits per heavy atom. The van der Waals surface area contributed by atoms with E-state index < -0.39 is 0 Å². The van der Waals surface area contributed by atoms with Gasteiger partial charge in [0.25, 0.3) is 0 Å². The minimum absolute atomic E-state index is 0.129. The highest BCUT2D eigenvalue weighted by Crippen LogP contribution is 2.38. The van der Waals surface area contributed by atoms with Crippen molar-refractivity contribution in [2.45, 2.75) is 33.1 Å². The summed E-state index contributed by atoms with van der Waals surface area (Å²) in [6.45, 7) is 8.81. The largest absolute Gasteiger partial charge is 0.262 e. The summed E-state index contributed by atoms with van der Waals surface area (Å²) in [6, 6.07) is 22.0. The number of pyridine rings is 1. The average molecular weight is 373 g/mol. The molecule has 1 heteroatoms. The molecule has 0 aliphatic rings. The molecule has 1 nitrogen and oxygen atoms in total. The van der Waals surface area contributed by atoms with Crippen LogP contribution in [0.3, 0.4) is 0 Å². The minimum Gasteiger partial charge on any atom is -0.262 e. The standard InChI is InChI=1S/C28H23N/c1-18-15-19(13-14-29-18)5-6-20-7-8-21-9-10-22-16-24(28(2,3)4)17-23-11-12-25(20)27(21)26(22)23/h7-17H,1-4H3.